The molecule has 0 unspecified atom stereocenters. The van der Waals surface area contributed by atoms with E-state index in [9.17, 15) is 10.1 Å². The fraction of sp³-hybridized carbons (Fsp3) is 0.389. The zero-order valence-corrected chi connectivity index (χ0v) is 13.6. The number of para-hydroxylation sites is 2. The summed E-state index contributed by atoms with van der Waals surface area (Å²) in [5.74, 6) is 2.09. The molecule has 1 saturated carbocycles. The van der Waals surface area contributed by atoms with Gasteiger partial charge in [0.15, 0.2) is 11.4 Å². The number of nitrogens with zero attached hydrogens (tertiary/aromatic N) is 2. The van der Waals surface area contributed by atoms with E-state index in [4.69, 9.17) is 4.74 Å². The van der Waals surface area contributed by atoms with Crippen molar-refractivity contribution in [3.05, 3.63) is 46.0 Å². The van der Waals surface area contributed by atoms with Gasteiger partial charge in [0, 0.05) is 6.42 Å². The molecule has 1 aromatic heterocycles. The number of nitrogens with one attached hydrogen (secondary N) is 2. The van der Waals surface area contributed by atoms with E-state index < -0.39 is 5.56 Å². The summed E-state index contributed by atoms with van der Waals surface area (Å²) < 4.78 is 5.30. The SMILES string of the molecule is COc1ccccc1Nc1nc(CC2CCCC2)[nH]c(=O)c1C#N. The van der Waals surface area contributed by atoms with Gasteiger partial charge in [0.2, 0.25) is 0 Å². The van der Waals surface area contributed by atoms with Crippen molar-refractivity contribution in [2.75, 3.05) is 12.4 Å². The van der Waals surface area contributed by atoms with Crippen LogP contribution in [0.2, 0.25) is 0 Å². The average Bonchev–Trinajstić information content (AvgIpc) is 3.08. The van der Waals surface area contributed by atoms with Crippen molar-refractivity contribution >= 4 is 11.5 Å². The number of hydrogen-bond acceptors (Lipinski definition) is 5. The van der Waals surface area contributed by atoms with Crippen LogP contribution in [0.25, 0.3) is 0 Å². The summed E-state index contributed by atoms with van der Waals surface area (Å²) in [4.78, 5) is 19.5. The Bertz CT molecular complexity index is 816. The number of benzene rings is 1. The van der Waals surface area contributed by atoms with Crippen LogP contribution < -0.4 is 15.6 Å². The van der Waals surface area contributed by atoms with Crippen molar-refractivity contribution in [3.8, 4) is 11.8 Å². The first-order valence-corrected chi connectivity index (χ1v) is 8.14. The van der Waals surface area contributed by atoms with Gasteiger partial charge in [0.1, 0.15) is 17.6 Å². The minimum absolute atomic E-state index is 0.0175. The topological polar surface area (TPSA) is 90.8 Å². The standard InChI is InChI=1S/C18H20N4O2/c1-24-15-9-5-4-8-14(15)20-17-13(11-19)18(23)22-16(21-17)10-12-6-2-3-7-12/h4-5,8-9,12H,2-3,6-7,10H2,1H3,(H2,20,21,22,23). The predicted molar refractivity (Wildman–Crippen MR) is 91.5 cm³/mol. The molecule has 0 amide bonds. The van der Waals surface area contributed by atoms with Gasteiger partial charge in [-0.1, -0.05) is 37.8 Å². The van der Waals surface area contributed by atoms with Crippen molar-refractivity contribution in [1.82, 2.24) is 9.97 Å². The van der Waals surface area contributed by atoms with Crippen LogP contribution in [0.5, 0.6) is 5.75 Å². The van der Waals surface area contributed by atoms with Gasteiger partial charge >= 0.3 is 0 Å². The van der Waals surface area contributed by atoms with E-state index in [0.717, 1.165) is 6.42 Å². The molecule has 2 aromatic rings. The Morgan fingerprint density at radius 1 is 1.38 bits per heavy atom. The normalized spacial score (nSPS) is 14.3. The molecular formula is C18H20N4O2. The maximum Gasteiger partial charge on any atom is 0.271 e. The highest BCUT2D eigenvalue weighted by Gasteiger charge is 2.19. The summed E-state index contributed by atoms with van der Waals surface area (Å²) >= 11 is 0. The van der Waals surface area contributed by atoms with E-state index >= 15 is 0 Å². The minimum Gasteiger partial charge on any atom is -0.495 e. The number of aromatic nitrogens is 2. The Morgan fingerprint density at radius 3 is 2.83 bits per heavy atom. The Morgan fingerprint density at radius 2 is 2.12 bits per heavy atom. The number of methoxy groups -OCH3 is 1. The molecule has 1 aliphatic carbocycles. The number of nitriles is 1. The molecule has 0 atom stereocenters. The monoisotopic (exact) mass is 324 g/mol. The Labute approximate surface area is 140 Å². The quantitative estimate of drug-likeness (QED) is 0.882. The summed E-state index contributed by atoms with van der Waals surface area (Å²) in [6.07, 6.45) is 5.54. The van der Waals surface area contributed by atoms with E-state index in [-0.39, 0.29) is 11.4 Å². The molecule has 124 valence electrons. The highest BCUT2D eigenvalue weighted by Crippen LogP contribution is 2.29. The molecule has 0 saturated heterocycles. The van der Waals surface area contributed by atoms with Gasteiger partial charge in [-0.3, -0.25) is 4.79 Å². The lowest BCUT2D eigenvalue weighted by molar-refractivity contribution is 0.417. The molecule has 3 rings (SSSR count). The van der Waals surface area contributed by atoms with Gasteiger partial charge < -0.3 is 15.0 Å². The smallest absolute Gasteiger partial charge is 0.271 e. The molecule has 24 heavy (non-hydrogen) atoms. The number of rotatable bonds is 5. The zero-order chi connectivity index (χ0) is 16.9. The Balaban J connectivity index is 1.94. The molecule has 6 nitrogen and oxygen atoms in total. The summed E-state index contributed by atoms with van der Waals surface area (Å²) in [7, 11) is 1.57. The molecule has 2 N–H and O–H groups in total. The highest BCUT2D eigenvalue weighted by atomic mass is 16.5. The van der Waals surface area contributed by atoms with Crippen LogP contribution in [-0.4, -0.2) is 17.1 Å². The van der Waals surface area contributed by atoms with E-state index in [2.05, 4.69) is 15.3 Å². The molecule has 1 aromatic carbocycles. The van der Waals surface area contributed by atoms with Crippen LogP contribution in [0.1, 0.15) is 37.1 Å². The molecule has 1 heterocycles. The van der Waals surface area contributed by atoms with E-state index in [1.807, 2.05) is 24.3 Å². The van der Waals surface area contributed by atoms with Gasteiger partial charge in [0.25, 0.3) is 5.56 Å². The number of hydrogen-bond donors (Lipinski definition) is 2. The van der Waals surface area contributed by atoms with Gasteiger partial charge in [-0.15, -0.1) is 0 Å². The second-order valence-corrected chi connectivity index (χ2v) is 6.03. The van der Waals surface area contributed by atoms with Crippen molar-refractivity contribution in [3.63, 3.8) is 0 Å². The van der Waals surface area contributed by atoms with E-state index in [0.29, 0.717) is 23.2 Å². The second kappa shape index (κ2) is 7.18. The zero-order valence-electron chi connectivity index (χ0n) is 13.6. The fourth-order valence-electron chi connectivity index (χ4n) is 3.17. The summed E-state index contributed by atoms with van der Waals surface area (Å²) in [5.41, 5.74) is 0.246. The number of H-pyrrole nitrogens is 1. The first kappa shape index (κ1) is 16.1. The minimum atomic E-state index is -0.405. The molecule has 0 spiro atoms. The molecule has 1 fully saturated rings. The van der Waals surface area contributed by atoms with Crippen molar-refractivity contribution in [2.45, 2.75) is 32.1 Å². The third kappa shape index (κ3) is 3.40. The van der Waals surface area contributed by atoms with Gasteiger partial charge in [-0.2, -0.15) is 5.26 Å². The predicted octanol–water partition coefficient (Wildman–Crippen LogP) is 3.13. The van der Waals surface area contributed by atoms with Gasteiger partial charge in [-0.25, -0.2) is 4.98 Å². The van der Waals surface area contributed by atoms with Gasteiger partial charge in [-0.05, 0) is 18.1 Å². The largest absolute Gasteiger partial charge is 0.495 e. The lowest BCUT2D eigenvalue weighted by Gasteiger charge is -2.13. The van der Waals surface area contributed by atoms with Crippen molar-refractivity contribution in [1.29, 1.82) is 5.26 Å². The molecule has 0 radical (unpaired) electrons. The number of anilines is 2. The number of ether oxygens (including phenoxy) is 1. The Hall–Kier alpha value is -2.81. The third-order valence-electron chi connectivity index (χ3n) is 4.40. The van der Waals surface area contributed by atoms with Crippen molar-refractivity contribution in [2.24, 2.45) is 5.92 Å². The maximum atomic E-state index is 12.2. The van der Waals surface area contributed by atoms with Crippen LogP contribution >= 0.6 is 0 Å². The first-order valence-electron chi connectivity index (χ1n) is 8.14. The van der Waals surface area contributed by atoms with E-state index in [1.165, 1.54) is 25.7 Å². The lowest BCUT2D eigenvalue weighted by atomic mass is 10.0. The summed E-state index contributed by atoms with van der Waals surface area (Å²) in [6.45, 7) is 0. The molecule has 0 bridgehead atoms. The first-order chi connectivity index (χ1) is 11.7. The van der Waals surface area contributed by atoms with Crippen LogP contribution in [0, 0.1) is 17.2 Å². The maximum absolute atomic E-state index is 12.2. The molecule has 0 aliphatic heterocycles. The summed E-state index contributed by atoms with van der Waals surface area (Å²) in [6, 6.07) is 9.26. The number of aromatic amines is 1. The highest BCUT2D eigenvalue weighted by molar-refractivity contribution is 5.67. The Kier molecular flexibility index (Phi) is 4.80. The molecule has 1 aliphatic rings. The van der Waals surface area contributed by atoms with Crippen LogP contribution in [0.3, 0.4) is 0 Å². The summed E-state index contributed by atoms with van der Waals surface area (Å²) in [5, 5.41) is 12.4. The molecular weight excluding hydrogens is 304 g/mol. The third-order valence-corrected chi connectivity index (χ3v) is 4.40. The van der Waals surface area contributed by atoms with Crippen LogP contribution in [0.15, 0.2) is 29.1 Å². The second-order valence-electron chi connectivity index (χ2n) is 6.03. The van der Waals surface area contributed by atoms with E-state index in [1.54, 1.807) is 13.2 Å². The lowest BCUT2D eigenvalue weighted by Crippen LogP contribution is -2.19. The average molecular weight is 324 g/mol. The van der Waals surface area contributed by atoms with Gasteiger partial charge in [0.05, 0.1) is 12.8 Å². The van der Waals surface area contributed by atoms with Crippen LogP contribution in [-0.2, 0) is 6.42 Å². The van der Waals surface area contributed by atoms with Crippen molar-refractivity contribution < 1.29 is 4.74 Å². The van der Waals surface area contributed by atoms with Crippen LogP contribution in [0.4, 0.5) is 11.5 Å². The molecule has 6 heteroatoms. The fourth-order valence-corrected chi connectivity index (χ4v) is 3.17.